The van der Waals surface area contributed by atoms with E-state index in [-0.39, 0.29) is 36.4 Å². The number of carbonyl (C=O) groups excluding carboxylic acids is 3. The van der Waals surface area contributed by atoms with E-state index >= 15 is 0 Å². The lowest BCUT2D eigenvalue weighted by Gasteiger charge is -2.46. The number of hydrogen-bond donors (Lipinski definition) is 0. The van der Waals surface area contributed by atoms with Crippen molar-refractivity contribution in [1.82, 2.24) is 4.90 Å². The first-order valence-corrected chi connectivity index (χ1v) is 8.41. The van der Waals surface area contributed by atoms with Crippen LogP contribution in [0, 0.1) is 11.3 Å². The van der Waals surface area contributed by atoms with Crippen molar-refractivity contribution < 1.29 is 19.1 Å². The van der Waals surface area contributed by atoms with Gasteiger partial charge in [0.15, 0.2) is 6.61 Å². The van der Waals surface area contributed by atoms with Crippen LogP contribution in [0.1, 0.15) is 65.7 Å². The van der Waals surface area contributed by atoms with E-state index in [1.165, 1.54) is 17.7 Å². The van der Waals surface area contributed by atoms with Gasteiger partial charge in [-0.2, -0.15) is 0 Å². The fourth-order valence-electron chi connectivity index (χ4n) is 3.17. The fraction of sp³-hybridized carbons (Fsp3) is 0.824. The predicted molar refractivity (Wildman–Crippen MR) is 81.9 cm³/mol. The molecule has 1 saturated heterocycles. The molecule has 0 aromatic carbocycles. The van der Waals surface area contributed by atoms with E-state index in [0.717, 1.165) is 25.7 Å². The molecule has 5 heteroatoms. The van der Waals surface area contributed by atoms with Crippen molar-refractivity contribution in [2.24, 2.45) is 11.3 Å². The number of imide groups is 1. The highest BCUT2D eigenvalue weighted by molar-refractivity contribution is 6.02. The summed E-state index contributed by atoms with van der Waals surface area (Å²) < 4.78 is 5.12. The lowest BCUT2D eigenvalue weighted by atomic mass is 9.78. The van der Waals surface area contributed by atoms with Gasteiger partial charge in [-0.05, 0) is 33.1 Å². The number of β-lactam (4-membered cyclic amide) rings is 1. The first-order valence-electron chi connectivity index (χ1n) is 8.41. The van der Waals surface area contributed by atoms with E-state index in [0.29, 0.717) is 6.42 Å². The summed E-state index contributed by atoms with van der Waals surface area (Å²) in [5.41, 5.74) is -0.595. The summed E-state index contributed by atoms with van der Waals surface area (Å²) in [5.74, 6) is -0.827. The molecular formula is C17H27NO4. The van der Waals surface area contributed by atoms with Gasteiger partial charge in [0.2, 0.25) is 5.91 Å². The molecule has 0 aromatic rings. The van der Waals surface area contributed by atoms with E-state index in [9.17, 15) is 14.4 Å². The summed E-state index contributed by atoms with van der Waals surface area (Å²) in [6, 6.07) is 0.0261. The maximum atomic E-state index is 12.2. The number of esters is 1. The van der Waals surface area contributed by atoms with Crippen LogP contribution in [0.5, 0.6) is 0 Å². The number of fused-ring (bicyclic) bond motifs is 1. The molecule has 2 fully saturated rings. The van der Waals surface area contributed by atoms with Gasteiger partial charge in [0, 0.05) is 0 Å². The summed E-state index contributed by atoms with van der Waals surface area (Å²) in [5, 5.41) is 0. The van der Waals surface area contributed by atoms with Crippen molar-refractivity contribution in [3.63, 3.8) is 0 Å². The van der Waals surface area contributed by atoms with Crippen LogP contribution in [0.3, 0.4) is 0 Å². The first kappa shape index (κ1) is 17.0. The third-order valence-corrected chi connectivity index (χ3v) is 5.15. The Bertz CT molecular complexity index is 458. The molecule has 0 bridgehead atoms. The second kappa shape index (κ2) is 6.80. The summed E-state index contributed by atoms with van der Waals surface area (Å²) in [6.07, 6.45) is 6.88. The van der Waals surface area contributed by atoms with Crippen LogP contribution < -0.4 is 0 Å². The van der Waals surface area contributed by atoms with Crippen LogP contribution in [0.15, 0.2) is 0 Å². The standard InChI is InChI=1S/C17H27NO4/c1-4-17(2,3)16(21)22-11-14(19)18-13-10-8-6-5-7-9-12(13)15(18)20/h12-13H,4-11H2,1-3H3. The van der Waals surface area contributed by atoms with Gasteiger partial charge in [0.1, 0.15) is 0 Å². The number of rotatable bonds is 4. The highest BCUT2D eigenvalue weighted by atomic mass is 16.5. The van der Waals surface area contributed by atoms with Crippen LogP contribution in [0.4, 0.5) is 0 Å². The molecule has 2 atom stereocenters. The summed E-state index contributed by atoms with van der Waals surface area (Å²) in [7, 11) is 0. The molecule has 1 heterocycles. The Morgan fingerprint density at radius 3 is 2.45 bits per heavy atom. The average Bonchev–Trinajstić information content (AvgIpc) is 2.47. The van der Waals surface area contributed by atoms with E-state index in [4.69, 9.17) is 4.74 Å². The lowest BCUT2D eigenvalue weighted by molar-refractivity contribution is -0.174. The summed E-state index contributed by atoms with van der Waals surface area (Å²) in [6.45, 7) is 5.16. The van der Waals surface area contributed by atoms with Gasteiger partial charge in [0.05, 0.1) is 17.4 Å². The Labute approximate surface area is 132 Å². The van der Waals surface area contributed by atoms with Crippen molar-refractivity contribution in [2.75, 3.05) is 6.61 Å². The Hall–Kier alpha value is -1.39. The Morgan fingerprint density at radius 2 is 1.82 bits per heavy atom. The second-order valence-electron chi connectivity index (χ2n) is 7.08. The third kappa shape index (κ3) is 3.33. The average molecular weight is 309 g/mol. The SMILES string of the molecule is CCC(C)(C)C(=O)OCC(=O)N1C(=O)C2CCCCCCC21. The zero-order chi connectivity index (χ0) is 16.3. The zero-order valence-electron chi connectivity index (χ0n) is 13.9. The monoisotopic (exact) mass is 309 g/mol. The smallest absolute Gasteiger partial charge is 0.312 e. The Balaban J connectivity index is 1.90. The quantitative estimate of drug-likeness (QED) is 0.591. The number of nitrogens with zero attached hydrogens (tertiary/aromatic N) is 1. The van der Waals surface area contributed by atoms with Gasteiger partial charge in [-0.25, -0.2) is 0 Å². The van der Waals surface area contributed by atoms with Crippen molar-refractivity contribution in [2.45, 2.75) is 71.8 Å². The van der Waals surface area contributed by atoms with Gasteiger partial charge < -0.3 is 4.74 Å². The highest BCUT2D eigenvalue weighted by Gasteiger charge is 2.49. The number of ether oxygens (including phenoxy) is 1. The molecule has 2 rings (SSSR count). The van der Waals surface area contributed by atoms with Crippen LogP contribution in [0.2, 0.25) is 0 Å². The molecule has 0 aromatic heterocycles. The van der Waals surface area contributed by atoms with E-state index < -0.39 is 5.41 Å². The molecule has 2 amide bonds. The third-order valence-electron chi connectivity index (χ3n) is 5.15. The van der Waals surface area contributed by atoms with Crippen LogP contribution in [0.25, 0.3) is 0 Å². The molecule has 1 saturated carbocycles. The van der Waals surface area contributed by atoms with Crippen LogP contribution in [-0.2, 0) is 19.1 Å². The van der Waals surface area contributed by atoms with E-state index in [1.54, 1.807) is 13.8 Å². The summed E-state index contributed by atoms with van der Waals surface area (Å²) in [4.78, 5) is 37.7. The molecule has 2 aliphatic rings. The number of carbonyl (C=O) groups is 3. The van der Waals surface area contributed by atoms with Gasteiger partial charge in [0.25, 0.3) is 5.91 Å². The molecular weight excluding hydrogens is 282 g/mol. The lowest BCUT2D eigenvalue weighted by Crippen LogP contribution is -2.64. The minimum Gasteiger partial charge on any atom is -0.455 e. The Morgan fingerprint density at radius 1 is 1.18 bits per heavy atom. The molecule has 22 heavy (non-hydrogen) atoms. The molecule has 0 radical (unpaired) electrons. The van der Waals surface area contributed by atoms with Crippen molar-refractivity contribution >= 4 is 17.8 Å². The number of amides is 2. The van der Waals surface area contributed by atoms with Crippen molar-refractivity contribution in [1.29, 1.82) is 0 Å². The molecule has 1 aliphatic heterocycles. The molecule has 1 aliphatic carbocycles. The van der Waals surface area contributed by atoms with Crippen LogP contribution in [-0.4, -0.2) is 35.3 Å². The molecule has 124 valence electrons. The normalized spacial score (nSPS) is 25.6. The van der Waals surface area contributed by atoms with Gasteiger partial charge in [-0.15, -0.1) is 0 Å². The number of likely N-dealkylation sites (tertiary alicyclic amines) is 1. The minimum atomic E-state index is -0.595. The zero-order valence-corrected chi connectivity index (χ0v) is 13.9. The molecule has 0 N–H and O–H groups in total. The molecule has 0 spiro atoms. The van der Waals surface area contributed by atoms with Gasteiger partial charge in [-0.3, -0.25) is 19.3 Å². The molecule has 2 unspecified atom stereocenters. The van der Waals surface area contributed by atoms with Crippen molar-refractivity contribution in [3.8, 4) is 0 Å². The first-order chi connectivity index (χ1) is 10.4. The molecule has 5 nitrogen and oxygen atoms in total. The van der Waals surface area contributed by atoms with E-state index in [1.807, 2.05) is 6.92 Å². The van der Waals surface area contributed by atoms with Gasteiger partial charge in [-0.1, -0.05) is 32.6 Å². The number of hydrogen-bond acceptors (Lipinski definition) is 4. The largest absolute Gasteiger partial charge is 0.455 e. The summed E-state index contributed by atoms with van der Waals surface area (Å²) >= 11 is 0. The topological polar surface area (TPSA) is 63.7 Å². The van der Waals surface area contributed by atoms with E-state index in [2.05, 4.69) is 0 Å². The second-order valence-corrected chi connectivity index (χ2v) is 7.08. The van der Waals surface area contributed by atoms with Crippen molar-refractivity contribution in [3.05, 3.63) is 0 Å². The predicted octanol–water partition coefficient (Wildman–Crippen LogP) is 2.67. The van der Waals surface area contributed by atoms with Gasteiger partial charge >= 0.3 is 5.97 Å². The Kier molecular flexibility index (Phi) is 5.24. The fourth-order valence-corrected chi connectivity index (χ4v) is 3.17. The maximum Gasteiger partial charge on any atom is 0.312 e. The maximum absolute atomic E-state index is 12.2. The van der Waals surface area contributed by atoms with Crippen LogP contribution >= 0.6 is 0 Å². The minimum absolute atomic E-state index is 0.00651. The highest BCUT2D eigenvalue weighted by Crippen LogP contribution is 2.36.